The Hall–Kier alpha value is -1.21. The number of hydrogen-bond donors (Lipinski definition) is 0. The second-order valence-electron chi connectivity index (χ2n) is 7.22. The van der Waals surface area contributed by atoms with E-state index in [2.05, 4.69) is 97.9 Å². The van der Waals surface area contributed by atoms with E-state index in [9.17, 15) is 0 Å². The van der Waals surface area contributed by atoms with Crippen LogP contribution in [0.25, 0.3) is 0 Å². The monoisotopic (exact) mass is 371 g/mol. The Balaban J connectivity index is 2.52. The fourth-order valence-corrected chi connectivity index (χ4v) is 7.88. The highest BCUT2D eigenvalue weighted by Gasteiger charge is 2.49. The van der Waals surface area contributed by atoms with Crippen LogP contribution < -0.4 is 5.30 Å². The first-order valence-corrected chi connectivity index (χ1v) is 11.9. The van der Waals surface area contributed by atoms with E-state index in [-0.39, 0.29) is 0 Å². The summed E-state index contributed by atoms with van der Waals surface area (Å²) >= 11 is 0. The number of benzene rings is 2. The Labute approximate surface area is 161 Å². The van der Waals surface area contributed by atoms with Gasteiger partial charge >= 0.3 is 0 Å². The van der Waals surface area contributed by atoms with Gasteiger partial charge in [0.05, 0.1) is 0 Å². The number of unbranched alkanes of at least 4 members (excludes halogenated alkanes) is 2. The number of rotatable bonds is 11. The van der Waals surface area contributed by atoms with Crippen LogP contribution in [0, 0.1) is 0 Å². The van der Waals surface area contributed by atoms with E-state index in [1.807, 2.05) is 0 Å². The fourth-order valence-electron chi connectivity index (χ4n) is 3.61. The van der Waals surface area contributed by atoms with Crippen LogP contribution in [-0.2, 0) is 6.16 Å². The Morgan fingerprint density at radius 2 is 1.23 bits per heavy atom. The maximum absolute atomic E-state index is 2.84. The van der Waals surface area contributed by atoms with Crippen molar-refractivity contribution in [2.24, 2.45) is 0 Å². The van der Waals surface area contributed by atoms with Gasteiger partial charge in [0, 0.05) is 27.2 Å². The lowest BCUT2D eigenvalue weighted by Crippen LogP contribution is -2.40. The molecule has 0 aliphatic carbocycles. The summed E-state index contributed by atoms with van der Waals surface area (Å²) in [6.45, 7) is 6.97. The van der Waals surface area contributed by atoms with Crippen LogP contribution in [0.2, 0.25) is 0 Å². The van der Waals surface area contributed by atoms with E-state index in [4.69, 9.17) is 0 Å². The summed E-state index contributed by atoms with van der Waals surface area (Å²) in [5.41, 5.74) is 1.44. The van der Waals surface area contributed by atoms with Crippen molar-refractivity contribution < 1.29 is 0 Å². The molecular formula is C23H36N2P+. The zero-order chi connectivity index (χ0) is 18.8. The second-order valence-corrected chi connectivity index (χ2v) is 10.9. The minimum Gasteiger partial charge on any atom is -0.165 e. The smallest absolute Gasteiger partial charge is 0.165 e. The molecule has 2 aromatic carbocycles. The summed E-state index contributed by atoms with van der Waals surface area (Å²) in [5.74, 6) is 0. The lowest BCUT2D eigenvalue weighted by molar-refractivity contribution is 0.399. The number of hydrogen-bond acceptors (Lipinski definition) is 2. The molecule has 142 valence electrons. The Kier molecular flexibility index (Phi) is 8.78. The van der Waals surface area contributed by atoms with Crippen molar-refractivity contribution in [3.8, 4) is 0 Å². The average Bonchev–Trinajstić information content (AvgIpc) is 2.68. The maximum Gasteiger partial charge on any atom is 0.189 e. The van der Waals surface area contributed by atoms with Crippen LogP contribution in [-0.4, -0.2) is 36.5 Å². The Morgan fingerprint density at radius 3 is 1.69 bits per heavy atom. The molecule has 0 aromatic heterocycles. The first kappa shape index (κ1) is 21.1. The summed E-state index contributed by atoms with van der Waals surface area (Å²) in [6.07, 6.45) is 6.13. The molecule has 3 heteroatoms. The highest BCUT2D eigenvalue weighted by atomic mass is 31.2. The minimum absolute atomic E-state index is 1.11. The van der Waals surface area contributed by atoms with Crippen LogP contribution in [0.5, 0.6) is 0 Å². The van der Waals surface area contributed by atoms with Gasteiger partial charge in [-0.25, -0.2) is 0 Å². The molecule has 0 fully saturated rings. The molecule has 0 radical (unpaired) electrons. The normalized spacial score (nSPS) is 13.9. The van der Waals surface area contributed by atoms with Crippen LogP contribution in [0.3, 0.4) is 0 Å². The minimum atomic E-state index is -1.65. The molecule has 0 spiro atoms. The lowest BCUT2D eigenvalue weighted by Gasteiger charge is -2.40. The van der Waals surface area contributed by atoms with E-state index in [1.165, 1.54) is 49.6 Å². The quantitative estimate of drug-likeness (QED) is 0.459. The van der Waals surface area contributed by atoms with Gasteiger partial charge in [0.1, 0.15) is 11.5 Å². The van der Waals surface area contributed by atoms with E-state index in [1.54, 1.807) is 0 Å². The molecule has 0 aliphatic rings. The van der Waals surface area contributed by atoms with Crippen molar-refractivity contribution in [3.05, 3.63) is 66.2 Å². The van der Waals surface area contributed by atoms with Crippen LogP contribution >= 0.6 is 7.56 Å². The van der Waals surface area contributed by atoms with Crippen molar-refractivity contribution in [2.75, 3.05) is 27.2 Å². The predicted molar refractivity (Wildman–Crippen MR) is 118 cm³/mol. The molecule has 0 heterocycles. The van der Waals surface area contributed by atoms with Crippen LogP contribution in [0.15, 0.2) is 60.7 Å². The van der Waals surface area contributed by atoms with Crippen molar-refractivity contribution >= 4 is 12.9 Å². The zero-order valence-corrected chi connectivity index (χ0v) is 18.0. The molecule has 1 atom stereocenters. The van der Waals surface area contributed by atoms with Gasteiger partial charge in [-0.2, -0.15) is 9.34 Å². The van der Waals surface area contributed by atoms with E-state index < -0.39 is 7.56 Å². The molecule has 0 saturated carbocycles. The second kappa shape index (κ2) is 10.8. The van der Waals surface area contributed by atoms with Gasteiger partial charge in [-0.3, -0.25) is 0 Å². The average molecular weight is 372 g/mol. The van der Waals surface area contributed by atoms with Gasteiger partial charge in [0.15, 0.2) is 7.56 Å². The molecule has 26 heavy (non-hydrogen) atoms. The largest absolute Gasteiger partial charge is 0.189 e. The molecule has 2 aromatic rings. The van der Waals surface area contributed by atoms with Gasteiger partial charge in [-0.15, -0.1) is 0 Å². The van der Waals surface area contributed by atoms with E-state index in [0.717, 1.165) is 6.16 Å². The third kappa shape index (κ3) is 5.16. The Morgan fingerprint density at radius 1 is 0.731 bits per heavy atom. The van der Waals surface area contributed by atoms with Gasteiger partial charge in [-0.05, 0) is 30.5 Å². The van der Waals surface area contributed by atoms with Gasteiger partial charge in [-0.1, -0.05) is 75.2 Å². The molecule has 0 aliphatic heterocycles. The highest BCUT2D eigenvalue weighted by molar-refractivity contribution is 7.77. The molecule has 0 saturated heterocycles. The van der Waals surface area contributed by atoms with Gasteiger partial charge in [0.2, 0.25) is 0 Å². The van der Waals surface area contributed by atoms with Crippen molar-refractivity contribution in [1.82, 2.24) is 9.34 Å². The standard InChI is InChI=1S/C23H36N2P/c1-5-7-19-25(20-8-6-2)26(24(3)4,23-17-13-10-14-18-23)21-22-15-11-9-12-16-22/h9-18H,5-8,19-21H2,1-4H3/q+1. The third-order valence-electron chi connectivity index (χ3n) is 5.08. The topological polar surface area (TPSA) is 6.48 Å². The first-order valence-electron chi connectivity index (χ1n) is 10.1. The SMILES string of the molecule is CCCCN(CCCC)[P+](Cc1ccccc1)(c1ccccc1)N(C)C. The van der Waals surface area contributed by atoms with E-state index in [0.29, 0.717) is 0 Å². The summed E-state index contributed by atoms with van der Waals surface area (Å²) in [5, 5.41) is 1.50. The van der Waals surface area contributed by atoms with E-state index >= 15 is 0 Å². The zero-order valence-electron chi connectivity index (χ0n) is 17.1. The van der Waals surface area contributed by atoms with Crippen LogP contribution in [0.1, 0.15) is 45.1 Å². The van der Waals surface area contributed by atoms with Crippen molar-refractivity contribution in [1.29, 1.82) is 0 Å². The first-order chi connectivity index (χ1) is 12.6. The molecule has 2 rings (SSSR count). The lowest BCUT2D eigenvalue weighted by atomic mass is 10.2. The molecule has 0 N–H and O–H groups in total. The van der Waals surface area contributed by atoms with Crippen molar-refractivity contribution in [3.63, 3.8) is 0 Å². The fraction of sp³-hybridized carbons (Fsp3) is 0.478. The van der Waals surface area contributed by atoms with Gasteiger partial charge < -0.3 is 0 Å². The molecule has 2 nitrogen and oxygen atoms in total. The van der Waals surface area contributed by atoms with Crippen molar-refractivity contribution in [2.45, 2.75) is 45.7 Å². The molecule has 0 bridgehead atoms. The van der Waals surface area contributed by atoms with Crippen LogP contribution in [0.4, 0.5) is 0 Å². The predicted octanol–water partition coefficient (Wildman–Crippen LogP) is 5.82. The molecular weight excluding hydrogens is 335 g/mol. The summed E-state index contributed by atoms with van der Waals surface area (Å²) in [6, 6.07) is 22.3. The maximum atomic E-state index is 2.84. The van der Waals surface area contributed by atoms with Gasteiger partial charge in [0.25, 0.3) is 0 Å². The molecule has 1 unspecified atom stereocenters. The summed E-state index contributed by atoms with van der Waals surface area (Å²) in [7, 11) is 2.93. The Bertz CT molecular complexity index is 607. The summed E-state index contributed by atoms with van der Waals surface area (Å²) in [4.78, 5) is 0. The molecule has 0 amide bonds. The number of nitrogens with zero attached hydrogens (tertiary/aromatic N) is 2. The highest BCUT2D eigenvalue weighted by Crippen LogP contribution is 2.64. The third-order valence-corrected chi connectivity index (χ3v) is 9.68. The summed E-state index contributed by atoms with van der Waals surface area (Å²) < 4.78 is 5.38.